The molecule has 4 aliphatic rings. The molecule has 0 bridgehead atoms. The lowest BCUT2D eigenvalue weighted by atomic mass is 9.60. The van der Waals surface area contributed by atoms with Crippen molar-refractivity contribution in [2.24, 2.45) is 0 Å². The number of likely N-dealkylation sites (N-methyl/N-ethyl adjacent to an activating group) is 1. The fourth-order valence-electron chi connectivity index (χ4n) is 5.75. The first kappa shape index (κ1) is 17.9. The van der Waals surface area contributed by atoms with Gasteiger partial charge in [0.05, 0.1) is 5.41 Å². The summed E-state index contributed by atoms with van der Waals surface area (Å²) in [4.78, 5) is 14.4. The van der Waals surface area contributed by atoms with E-state index >= 15 is 0 Å². The minimum absolute atomic E-state index is 0.00738. The molecule has 0 saturated heterocycles. The molecule has 156 valence electrons. The van der Waals surface area contributed by atoms with Gasteiger partial charge in [0, 0.05) is 31.5 Å². The molecular formula is C23H23NO6. The Morgan fingerprint density at radius 3 is 2.63 bits per heavy atom. The van der Waals surface area contributed by atoms with Crippen LogP contribution in [-0.2, 0) is 27.9 Å². The van der Waals surface area contributed by atoms with Crippen LogP contribution in [0, 0.1) is 0 Å². The molecule has 2 aromatic carbocycles. The van der Waals surface area contributed by atoms with Crippen molar-refractivity contribution >= 4 is 5.97 Å². The van der Waals surface area contributed by atoms with Gasteiger partial charge in [0.1, 0.15) is 6.10 Å². The third-order valence-electron chi connectivity index (χ3n) is 6.95. The fraction of sp³-hybridized carbons (Fsp3) is 0.435. The zero-order valence-corrected chi connectivity index (χ0v) is 17.2. The Kier molecular flexibility index (Phi) is 3.60. The van der Waals surface area contributed by atoms with Crippen molar-refractivity contribution in [1.82, 2.24) is 4.90 Å². The monoisotopic (exact) mass is 409 g/mol. The van der Waals surface area contributed by atoms with E-state index in [2.05, 4.69) is 31.0 Å². The summed E-state index contributed by atoms with van der Waals surface area (Å²) < 4.78 is 28.7. The van der Waals surface area contributed by atoms with Gasteiger partial charge in [-0.25, -0.2) is 0 Å². The molecule has 7 nitrogen and oxygen atoms in total. The van der Waals surface area contributed by atoms with Gasteiger partial charge in [0.2, 0.25) is 13.6 Å². The van der Waals surface area contributed by atoms with E-state index < -0.39 is 5.41 Å². The predicted octanol–water partition coefficient (Wildman–Crippen LogP) is 3.08. The lowest BCUT2D eigenvalue weighted by Crippen LogP contribution is -2.56. The molecule has 2 aromatic rings. The molecule has 0 N–H and O–H groups in total. The topological polar surface area (TPSA) is 66.5 Å². The maximum absolute atomic E-state index is 12.1. The minimum atomic E-state index is -0.463. The van der Waals surface area contributed by atoms with Crippen LogP contribution in [0.4, 0.5) is 0 Å². The van der Waals surface area contributed by atoms with Gasteiger partial charge >= 0.3 is 5.97 Å². The highest BCUT2D eigenvalue weighted by Gasteiger charge is 2.55. The van der Waals surface area contributed by atoms with Crippen LogP contribution < -0.4 is 18.9 Å². The van der Waals surface area contributed by atoms with Gasteiger partial charge in [-0.1, -0.05) is 13.0 Å². The lowest BCUT2D eigenvalue weighted by molar-refractivity contribution is -0.153. The molecule has 1 aliphatic carbocycles. The molecule has 3 aliphatic heterocycles. The third-order valence-corrected chi connectivity index (χ3v) is 6.95. The normalized spacial score (nSPS) is 27.8. The fourth-order valence-corrected chi connectivity index (χ4v) is 5.75. The molecule has 1 unspecified atom stereocenters. The summed E-state index contributed by atoms with van der Waals surface area (Å²) in [5.41, 5.74) is 4.10. The first-order valence-electron chi connectivity index (χ1n) is 10.2. The number of hydrogen-bond donors (Lipinski definition) is 0. The van der Waals surface area contributed by atoms with E-state index in [1.807, 2.05) is 12.1 Å². The van der Waals surface area contributed by atoms with Gasteiger partial charge in [0.25, 0.3) is 0 Å². The Morgan fingerprint density at radius 2 is 1.83 bits per heavy atom. The Bertz CT molecular complexity index is 1080. The molecule has 7 heteroatoms. The number of ether oxygens (including phenoxy) is 5. The van der Waals surface area contributed by atoms with E-state index in [-0.39, 0.29) is 31.7 Å². The molecule has 6 rings (SSSR count). The highest BCUT2D eigenvalue weighted by molar-refractivity contribution is 5.67. The molecule has 3 heterocycles. The van der Waals surface area contributed by atoms with Gasteiger partial charge in [-0.2, -0.15) is 0 Å². The average molecular weight is 409 g/mol. The minimum Gasteiger partial charge on any atom is -0.461 e. The standard InChI is InChI=1S/C23H23NO6/c1-12(25)30-20-7-13-6-18-19(28-10-27-18)8-14(13)22-23(20,2)16-4-5-17-21(29-11-26-17)15(16)9-24(22)3/h4-6,8,20,22H,7,9-11H2,1-3H3/t20?,22-,23+/m0/s1. The van der Waals surface area contributed by atoms with Crippen LogP contribution in [0.15, 0.2) is 24.3 Å². The molecule has 0 saturated carbocycles. The summed E-state index contributed by atoms with van der Waals surface area (Å²) in [5, 5.41) is 0. The van der Waals surface area contributed by atoms with E-state index in [9.17, 15) is 4.79 Å². The summed E-state index contributed by atoms with van der Waals surface area (Å²) in [6, 6.07) is 8.22. The van der Waals surface area contributed by atoms with Crippen LogP contribution in [0.2, 0.25) is 0 Å². The van der Waals surface area contributed by atoms with E-state index in [0.717, 1.165) is 39.7 Å². The number of esters is 1. The molecule has 3 atom stereocenters. The number of hydrogen-bond acceptors (Lipinski definition) is 7. The molecule has 0 aromatic heterocycles. The van der Waals surface area contributed by atoms with Gasteiger partial charge in [-0.05, 0) is 41.9 Å². The molecule has 0 spiro atoms. The van der Waals surface area contributed by atoms with Crippen LogP contribution in [0.1, 0.15) is 42.1 Å². The molecule has 30 heavy (non-hydrogen) atoms. The average Bonchev–Trinajstić information content (AvgIpc) is 3.35. The van der Waals surface area contributed by atoms with Crippen LogP contribution in [0.5, 0.6) is 23.0 Å². The van der Waals surface area contributed by atoms with E-state index in [4.69, 9.17) is 23.7 Å². The number of benzene rings is 2. The van der Waals surface area contributed by atoms with Gasteiger partial charge in [-0.15, -0.1) is 0 Å². The summed E-state index contributed by atoms with van der Waals surface area (Å²) in [7, 11) is 2.10. The second-order valence-corrected chi connectivity index (χ2v) is 8.63. The second kappa shape index (κ2) is 6.04. The number of carbonyl (C=O) groups is 1. The smallest absolute Gasteiger partial charge is 0.302 e. The van der Waals surface area contributed by atoms with Crippen molar-refractivity contribution in [3.8, 4) is 23.0 Å². The zero-order valence-electron chi connectivity index (χ0n) is 17.2. The number of nitrogens with zero attached hydrogens (tertiary/aromatic N) is 1. The summed E-state index contributed by atoms with van der Waals surface area (Å²) in [6.45, 7) is 4.84. The van der Waals surface area contributed by atoms with Crippen molar-refractivity contribution < 1.29 is 28.5 Å². The lowest BCUT2D eigenvalue weighted by Gasteiger charge is -2.54. The largest absolute Gasteiger partial charge is 0.461 e. The van der Waals surface area contributed by atoms with Crippen LogP contribution >= 0.6 is 0 Å². The Balaban J connectivity index is 1.59. The Morgan fingerprint density at radius 1 is 1.10 bits per heavy atom. The van der Waals surface area contributed by atoms with Gasteiger partial charge in [-0.3, -0.25) is 9.69 Å². The maximum atomic E-state index is 12.1. The Labute approximate surface area is 174 Å². The second-order valence-electron chi connectivity index (χ2n) is 8.63. The molecular weight excluding hydrogens is 386 g/mol. The molecule has 0 radical (unpaired) electrons. The SMILES string of the molecule is CC(=O)OC1Cc2cc3c(cc2[C@@H]2N(C)Cc4c(ccc5c4OCO5)[C@]12C)OCO3. The van der Waals surface area contributed by atoms with Crippen molar-refractivity contribution in [3.05, 3.63) is 46.5 Å². The van der Waals surface area contributed by atoms with Crippen LogP contribution in [0.25, 0.3) is 0 Å². The predicted molar refractivity (Wildman–Crippen MR) is 106 cm³/mol. The van der Waals surface area contributed by atoms with Crippen molar-refractivity contribution in [3.63, 3.8) is 0 Å². The first-order valence-corrected chi connectivity index (χ1v) is 10.2. The van der Waals surface area contributed by atoms with E-state index in [0.29, 0.717) is 13.0 Å². The number of fused-ring (bicyclic) bond motifs is 8. The number of carbonyl (C=O) groups excluding carboxylic acids is 1. The zero-order chi connectivity index (χ0) is 20.6. The summed E-state index contributed by atoms with van der Waals surface area (Å²) in [6.07, 6.45) is 0.287. The highest BCUT2D eigenvalue weighted by Crippen LogP contribution is 2.57. The van der Waals surface area contributed by atoms with E-state index in [1.54, 1.807) is 0 Å². The van der Waals surface area contributed by atoms with Crippen molar-refractivity contribution in [2.45, 2.75) is 44.4 Å². The van der Waals surface area contributed by atoms with Gasteiger partial charge < -0.3 is 23.7 Å². The van der Waals surface area contributed by atoms with Crippen molar-refractivity contribution in [1.29, 1.82) is 0 Å². The quantitative estimate of drug-likeness (QED) is 0.671. The van der Waals surface area contributed by atoms with Crippen molar-refractivity contribution in [2.75, 3.05) is 20.6 Å². The molecule has 0 amide bonds. The highest BCUT2D eigenvalue weighted by atomic mass is 16.7. The van der Waals surface area contributed by atoms with Crippen LogP contribution in [0.3, 0.4) is 0 Å². The van der Waals surface area contributed by atoms with E-state index in [1.165, 1.54) is 12.5 Å². The summed E-state index contributed by atoms with van der Waals surface area (Å²) in [5.74, 6) is 2.82. The Hall–Kier alpha value is -2.93. The summed E-state index contributed by atoms with van der Waals surface area (Å²) >= 11 is 0. The number of rotatable bonds is 1. The third kappa shape index (κ3) is 2.27. The van der Waals surface area contributed by atoms with Crippen LogP contribution in [-0.4, -0.2) is 37.6 Å². The maximum Gasteiger partial charge on any atom is 0.302 e. The first-order chi connectivity index (χ1) is 14.5. The molecule has 0 fully saturated rings. The van der Waals surface area contributed by atoms with Gasteiger partial charge in [0.15, 0.2) is 23.0 Å².